The van der Waals surface area contributed by atoms with E-state index in [1.54, 1.807) is 23.7 Å². The van der Waals surface area contributed by atoms with E-state index in [0.29, 0.717) is 13.0 Å². The average Bonchev–Trinajstić information content (AvgIpc) is 2.83. The van der Waals surface area contributed by atoms with Gasteiger partial charge in [0.25, 0.3) is 0 Å². The van der Waals surface area contributed by atoms with Crippen molar-refractivity contribution in [3.63, 3.8) is 0 Å². The monoisotopic (exact) mass is 246 g/mol. The number of carbonyl (C=O) groups excluding carboxylic acids is 1. The number of pyridine rings is 1. The largest absolute Gasteiger partial charge is 0.355 e. The van der Waals surface area contributed by atoms with E-state index in [2.05, 4.69) is 16.4 Å². The van der Waals surface area contributed by atoms with Gasteiger partial charge in [-0.25, -0.2) is 0 Å². The molecule has 0 aliphatic carbocycles. The molecule has 0 bridgehead atoms. The first-order valence-electron chi connectivity index (χ1n) is 5.52. The van der Waals surface area contributed by atoms with Crippen molar-refractivity contribution >= 4 is 17.2 Å². The van der Waals surface area contributed by atoms with Crippen molar-refractivity contribution in [1.29, 1.82) is 0 Å². The summed E-state index contributed by atoms with van der Waals surface area (Å²) < 4.78 is 0. The first-order valence-corrected chi connectivity index (χ1v) is 6.40. The molecule has 4 heteroatoms. The summed E-state index contributed by atoms with van der Waals surface area (Å²) in [6.07, 6.45) is 4.73. The van der Waals surface area contributed by atoms with Crippen LogP contribution in [0.3, 0.4) is 0 Å². The number of hydrogen-bond acceptors (Lipinski definition) is 3. The second-order valence-electron chi connectivity index (χ2n) is 3.71. The van der Waals surface area contributed by atoms with Crippen LogP contribution in [0.5, 0.6) is 0 Å². The molecule has 0 spiro atoms. The van der Waals surface area contributed by atoms with Gasteiger partial charge in [-0.2, -0.15) is 0 Å². The summed E-state index contributed by atoms with van der Waals surface area (Å²) in [7, 11) is 0. The fourth-order valence-corrected chi connectivity index (χ4v) is 2.24. The summed E-state index contributed by atoms with van der Waals surface area (Å²) in [5.41, 5.74) is 0.994. The van der Waals surface area contributed by atoms with Crippen molar-refractivity contribution in [2.24, 2.45) is 0 Å². The second-order valence-corrected chi connectivity index (χ2v) is 4.74. The molecule has 0 unspecified atom stereocenters. The zero-order valence-electron chi connectivity index (χ0n) is 9.43. The molecule has 2 rings (SSSR count). The molecule has 0 saturated carbocycles. The molecule has 3 nitrogen and oxygen atoms in total. The zero-order valence-corrected chi connectivity index (χ0v) is 10.2. The molecule has 2 heterocycles. The topological polar surface area (TPSA) is 42.0 Å². The third-order valence-corrected chi connectivity index (χ3v) is 3.32. The van der Waals surface area contributed by atoms with Crippen LogP contribution in [0.4, 0.5) is 0 Å². The van der Waals surface area contributed by atoms with E-state index in [-0.39, 0.29) is 5.91 Å². The van der Waals surface area contributed by atoms with Gasteiger partial charge in [-0.15, -0.1) is 11.3 Å². The minimum absolute atomic E-state index is 0.0627. The molecule has 0 aromatic carbocycles. The first kappa shape index (κ1) is 11.8. The van der Waals surface area contributed by atoms with Crippen LogP contribution >= 0.6 is 11.3 Å². The fraction of sp³-hybridized carbons (Fsp3) is 0.231. The highest BCUT2D eigenvalue weighted by Crippen LogP contribution is 2.08. The summed E-state index contributed by atoms with van der Waals surface area (Å²) in [6, 6.07) is 7.83. The van der Waals surface area contributed by atoms with Crippen LogP contribution in [-0.4, -0.2) is 17.4 Å². The lowest BCUT2D eigenvalue weighted by molar-refractivity contribution is -0.120. The van der Waals surface area contributed by atoms with Gasteiger partial charge in [-0.05, 0) is 35.6 Å². The molecule has 0 radical (unpaired) electrons. The van der Waals surface area contributed by atoms with Crippen LogP contribution in [0.15, 0.2) is 42.0 Å². The maximum Gasteiger partial charge on any atom is 0.224 e. The number of rotatable bonds is 5. The number of aromatic nitrogens is 1. The van der Waals surface area contributed by atoms with Crippen LogP contribution < -0.4 is 5.32 Å². The number of thiophene rings is 1. The molecule has 1 N–H and O–H groups in total. The van der Waals surface area contributed by atoms with E-state index in [4.69, 9.17) is 0 Å². The summed E-state index contributed by atoms with van der Waals surface area (Å²) in [5, 5.41) is 4.97. The lowest BCUT2D eigenvalue weighted by Gasteiger charge is -2.04. The SMILES string of the molecule is O=C(Cc1ccncc1)NCCc1cccs1. The smallest absolute Gasteiger partial charge is 0.224 e. The first-order chi connectivity index (χ1) is 8.34. The fourth-order valence-electron chi connectivity index (χ4n) is 1.53. The Kier molecular flexibility index (Phi) is 4.27. The quantitative estimate of drug-likeness (QED) is 0.877. The Bertz CT molecular complexity index is 454. The van der Waals surface area contributed by atoms with E-state index in [9.17, 15) is 4.79 Å². The van der Waals surface area contributed by atoms with Crippen molar-refractivity contribution in [2.45, 2.75) is 12.8 Å². The molecule has 2 aromatic heterocycles. The summed E-state index contributed by atoms with van der Waals surface area (Å²) >= 11 is 1.72. The molecule has 2 aromatic rings. The Morgan fingerprint density at radius 3 is 2.82 bits per heavy atom. The maximum absolute atomic E-state index is 11.6. The van der Waals surface area contributed by atoms with Crippen LogP contribution in [-0.2, 0) is 17.6 Å². The normalized spacial score (nSPS) is 10.1. The predicted octanol–water partition coefficient (Wildman–Crippen LogP) is 2.04. The maximum atomic E-state index is 11.6. The van der Waals surface area contributed by atoms with E-state index in [1.165, 1.54) is 4.88 Å². The van der Waals surface area contributed by atoms with Gasteiger partial charge in [0.1, 0.15) is 0 Å². The highest BCUT2D eigenvalue weighted by atomic mass is 32.1. The number of hydrogen-bond donors (Lipinski definition) is 1. The Hall–Kier alpha value is -1.68. The lowest BCUT2D eigenvalue weighted by Crippen LogP contribution is -2.27. The van der Waals surface area contributed by atoms with Gasteiger partial charge < -0.3 is 5.32 Å². The average molecular weight is 246 g/mol. The van der Waals surface area contributed by atoms with Crippen molar-refractivity contribution in [3.8, 4) is 0 Å². The summed E-state index contributed by atoms with van der Waals surface area (Å²) in [5.74, 6) is 0.0627. The predicted molar refractivity (Wildman–Crippen MR) is 69.0 cm³/mol. The Labute approximate surface area is 105 Å². The van der Waals surface area contributed by atoms with Gasteiger partial charge in [-0.3, -0.25) is 9.78 Å². The molecular weight excluding hydrogens is 232 g/mol. The van der Waals surface area contributed by atoms with E-state index >= 15 is 0 Å². The molecule has 0 atom stereocenters. The molecule has 0 saturated heterocycles. The van der Waals surface area contributed by atoms with Crippen molar-refractivity contribution in [1.82, 2.24) is 10.3 Å². The molecule has 1 amide bonds. The van der Waals surface area contributed by atoms with E-state index < -0.39 is 0 Å². The van der Waals surface area contributed by atoms with Crippen LogP contribution in [0.1, 0.15) is 10.4 Å². The van der Waals surface area contributed by atoms with Crippen molar-refractivity contribution < 1.29 is 4.79 Å². The van der Waals surface area contributed by atoms with Gasteiger partial charge in [0.15, 0.2) is 0 Å². The van der Waals surface area contributed by atoms with Gasteiger partial charge in [-0.1, -0.05) is 6.07 Å². The van der Waals surface area contributed by atoms with E-state index in [0.717, 1.165) is 12.0 Å². The minimum Gasteiger partial charge on any atom is -0.355 e. The standard InChI is InChI=1S/C13H14N2OS/c16-13(10-11-3-6-14-7-4-11)15-8-5-12-2-1-9-17-12/h1-4,6-7,9H,5,8,10H2,(H,15,16). The van der Waals surface area contributed by atoms with Crippen molar-refractivity contribution in [2.75, 3.05) is 6.54 Å². The van der Waals surface area contributed by atoms with Crippen LogP contribution in [0, 0.1) is 0 Å². The highest BCUT2D eigenvalue weighted by Gasteiger charge is 2.02. The molecular formula is C13H14N2OS. The van der Waals surface area contributed by atoms with E-state index in [1.807, 2.05) is 23.6 Å². The second kappa shape index (κ2) is 6.15. The number of nitrogens with one attached hydrogen (secondary N) is 1. The Morgan fingerprint density at radius 2 is 2.12 bits per heavy atom. The van der Waals surface area contributed by atoms with Crippen LogP contribution in [0.2, 0.25) is 0 Å². The summed E-state index contributed by atoms with van der Waals surface area (Å²) in [4.78, 5) is 16.8. The van der Waals surface area contributed by atoms with Gasteiger partial charge in [0.2, 0.25) is 5.91 Å². The third kappa shape index (κ3) is 4.00. The number of amides is 1. The molecule has 17 heavy (non-hydrogen) atoms. The molecule has 88 valence electrons. The molecule has 0 aliphatic rings. The zero-order chi connectivity index (χ0) is 11.9. The van der Waals surface area contributed by atoms with Crippen molar-refractivity contribution in [3.05, 3.63) is 52.5 Å². The highest BCUT2D eigenvalue weighted by molar-refractivity contribution is 7.09. The molecule has 0 fully saturated rings. The number of nitrogens with zero attached hydrogens (tertiary/aromatic N) is 1. The summed E-state index contributed by atoms with van der Waals surface area (Å²) in [6.45, 7) is 0.699. The third-order valence-electron chi connectivity index (χ3n) is 2.39. The number of carbonyl (C=O) groups is 1. The lowest BCUT2D eigenvalue weighted by atomic mass is 10.2. The van der Waals surface area contributed by atoms with Gasteiger partial charge in [0.05, 0.1) is 6.42 Å². The molecule has 0 aliphatic heterocycles. The Balaban J connectivity index is 1.71. The van der Waals surface area contributed by atoms with Gasteiger partial charge in [0, 0.05) is 23.8 Å². The minimum atomic E-state index is 0.0627. The Morgan fingerprint density at radius 1 is 1.29 bits per heavy atom. The van der Waals surface area contributed by atoms with Crippen LogP contribution in [0.25, 0.3) is 0 Å². The van der Waals surface area contributed by atoms with Gasteiger partial charge >= 0.3 is 0 Å².